The second-order valence-corrected chi connectivity index (χ2v) is 10.0. The van der Waals surface area contributed by atoms with E-state index in [1.165, 1.54) is 0 Å². The minimum absolute atomic E-state index is 0.141. The van der Waals surface area contributed by atoms with E-state index in [-0.39, 0.29) is 29.9 Å². The number of ether oxygens (including phenoxy) is 1. The van der Waals surface area contributed by atoms with Gasteiger partial charge >= 0.3 is 0 Å². The molecule has 0 aromatic heterocycles. The summed E-state index contributed by atoms with van der Waals surface area (Å²) in [6.45, 7) is 8.59. The van der Waals surface area contributed by atoms with Crippen LogP contribution in [0.4, 0.5) is 0 Å². The first kappa shape index (κ1) is 29.7. The Bertz CT molecular complexity index is 1120. The molecule has 5 N–H and O–H groups in total. The van der Waals surface area contributed by atoms with Crippen molar-refractivity contribution in [3.05, 3.63) is 72.3 Å². The third-order valence-electron chi connectivity index (χ3n) is 6.62. The summed E-state index contributed by atoms with van der Waals surface area (Å²) in [6.07, 6.45) is 3.61. The minimum atomic E-state index is -0.844. The molecule has 2 aromatic carbocycles. The number of hydrogen-bond acceptors (Lipinski definition) is 6. The molecule has 0 radical (unpaired) electrons. The van der Waals surface area contributed by atoms with Gasteiger partial charge in [0.15, 0.2) is 0 Å². The number of phenolic OH excluding ortho intramolecular Hbond substituents is 1. The topological polar surface area (TPSA) is 129 Å². The van der Waals surface area contributed by atoms with Crippen molar-refractivity contribution in [2.24, 2.45) is 5.92 Å². The molecule has 0 saturated carbocycles. The Labute approximate surface area is 230 Å². The van der Waals surface area contributed by atoms with Crippen molar-refractivity contribution in [1.29, 1.82) is 0 Å². The highest BCUT2D eigenvalue weighted by atomic mass is 16.5. The van der Waals surface area contributed by atoms with Crippen molar-refractivity contribution in [3.8, 4) is 11.5 Å². The first-order chi connectivity index (χ1) is 18.8. The van der Waals surface area contributed by atoms with Crippen LogP contribution in [0.5, 0.6) is 11.5 Å². The van der Waals surface area contributed by atoms with Gasteiger partial charge in [0, 0.05) is 13.1 Å². The third kappa shape index (κ3) is 9.14. The van der Waals surface area contributed by atoms with Crippen LogP contribution in [-0.2, 0) is 27.2 Å². The Morgan fingerprint density at radius 3 is 2.44 bits per heavy atom. The van der Waals surface area contributed by atoms with E-state index >= 15 is 0 Å². The molecule has 3 rings (SSSR count). The fraction of sp³-hybridized carbons (Fsp3) is 0.433. The van der Waals surface area contributed by atoms with Crippen molar-refractivity contribution in [2.75, 3.05) is 19.7 Å². The van der Waals surface area contributed by atoms with Gasteiger partial charge in [-0.25, -0.2) is 0 Å². The number of aromatic hydroxyl groups is 1. The van der Waals surface area contributed by atoms with E-state index in [1.54, 1.807) is 30.3 Å². The predicted octanol–water partition coefficient (Wildman–Crippen LogP) is 2.24. The van der Waals surface area contributed by atoms with Crippen molar-refractivity contribution in [2.45, 2.75) is 57.7 Å². The summed E-state index contributed by atoms with van der Waals surface area (Å²) >= 11 is 0. The normalized spacial score (nSPS) is 21.8. The van der Waals surface area contributed by atoms with Gasteiger partial charge in [-0.05, 0) is 60.9 Å². The number of hydrogen-bond donors (Lipinski definition) is 5. The van der Waals surface area contributed by atoms with Gasteiger partial charge in [0.25, 0.3) is 0 Å². The van der Waals surface area contributed by atoms with Crippen molar-refractivity contribution < 1.29 is 24.2 Å². The average molecular weight is 537 g/mol. The van der Waals surface area contributed by atoms with E-state index in [0.29, 0.717) is 39.0 Å². The second-order valence-electron chi connectivity index (χ2n) is 10.0. The van der Waals surface area contributed by atoms with E-state index in [9.17, 15) is 19.5 Å². The molecule has 2 aromatic rings. The Kier molecular flexibility index (Phi) is 11.4. The van der Waals surface area contributed by atoms with E-state index in [0.717, 1.165) is 16.9 Å². The molecule has 0 spiro atoms. The van der Waals surface area contributed by atoms with Gasteiger partial charge < -0.3 is 31.1 Å². The Morgan fingerprint density at radius 1 is 0.974 bits per heavy atom. The van der Waals surface area contributed by atoms with Crippen LogP contribution in [-0.4, -0.2) is 60.6 Å². The predicted molar refractivity (Wildman–Crippen MR) is 150 cm³/mol. The summed E-state index contributed by atoms with van der Waals surface area (Å²) in [6, 6.07) is 12.1. The summed E-state index contributed by atoms with van der Waals surface area (Å²) < 4.78 is 6.04. The highest BCUT2D eigenvalue weighted by Crippen LogP contribution is 2.19. The van der Waals surface area contributed by atoms with Crippen LogP contribution in [0, 0.1) is 5.92 Å². The summed E-state index contributed by atoms with van der Waals surface area (Å²) in [5.74, 6) is -0.383. The van der Waals surface area contributed by atoms with Crippen molar-refractivity contribution in [1.82, 2.24) is 21.3 Å². The molecule has 0 aliphatic carbocycles. The molecular weight excluding hydrogens is 496 g/mol. The lowest BCUT2D eigenvalue weighted by Gasteiger charge is -2.27. The Morgan fingerprint density at radius 2 is 1.72 bits per heavy atom. The molecule has 3 amide bonds. The summed E-state index contributed by atoms with van der Waals surface area (Å²) in [7, 11) is 0. The summed E-state index contributed by atoms with van der Waals surface area (Å²) in [5, 5.41) is 21.5. The SMILES string of the molecule is C=CC[C@@H]1NC(=O)[C@@H](C(C)C)NC(=O)[C@@H](Cc2ccc(O)cc2)NCCOc2ccccc2CCCNC1=O. The van der Waals surface area contributed by atoms with E-state index < -0.39 is 24.0 Å². The van der Waals surface area contributed by atoms with Gasteiger partial charge in [0.2, 0.25) is 17.7 Å². The van der Waals surface area contributed by atoms with Crippen LogP contribution < -0.4 is 26.0 Å². The molecule has 1 aliphatic heterocycles. The monoisotopic (exact) mass is 536 g/mol. The van der Waals surface area contributed by atoms with Gasteiger partial charge in [-0.2, -0.15) is 0 Å². The highest BCUT2D eigenvalue weighted by Gasteiger charge is 2.30. The number of carbonyl (C=O) groups excluding carboxylic acids is 3. The lowest BCUT2D eigenvalue weighted by atomic mass is 10.00. The number of rotatable bonds is 5. The maximum absolute atomic E-state index is 13.5. The van der Waals surface area contributed by atoms with E-state index in [2.05, 4.69) is 27.8 Å². The molecule has 9 nitrogen and oxygen atoms in total. The molecule has 0 fully saturated rings. The molecule has 3 atom stereocenters. The molecule has 210 valence electrons. The lowest BCUT2D eigenvalue weighted by molar-refractivity contribution is -0.133. The molecule has 39 heavy (non-hydrogen) atoms. The average Bonchev–Trinajstić information content (AvgIpc) is 2.91. The number of benzene rings is 2. The zero-order chi connectivity index (χ0) is 28.2. The van der Waals surface area contributed by atoms with Gasteiger partial charge in [-0.15, -0.1) is 6.58 Å². The first-order valence-electron chi connectivity index (χ1n) is 13.5. The van der Waals surface area contributed by atoms with Gasteiger partial charge in [0.1, 0.15) is 30.2 Å². The standard InChI is InChI=1S/C30H40N4O5/c1-4-8-24-28(36)32-16-7-10-22-9-5-6-11-26(22)39-18-17-31-25(19-21-12-14-23(35)15-13-21)29(37)34-27(20(2)3)30(38)33-24/h4-6,9,11-15,20,24-25,27,31,35H,1,7-8,10,16-19H2,2-3H3,(H,32,36)(H,33,38)(H,34,37)/t24-,25+,27+/m0/s1. The maximum atomic E-state index is 13.5. The molecule has 0 unspecified atom stereocenters. The van der Waals surface area contributed by atoms with Crippen LogP contribution in [0.3, 0.4) is 0 Å². The molecular formula is C30H40N4O5. The largest absolute Gasteiger partial charge is 0.508 e. The molecule has 0 saturated heterocycles. The quantitative estimate of drug-likeness (QED) is 0.373. The number of fused-ring (bicyclic) bond motifs is 1. The molecule has 1 heterocycles. The number of aryl methyl sites for hydroxylation is 1. The minimum Gasteiger partial charge on any atom is -0.508 e. The maximum Gasteiger partial charge on any atom is 0.243 e. The van der Waals surface area contributed by atoms with Gasteiger partial charge in [-0.1, -0.05) is 50.3 Å². The molecule has 1 aliphatic rings. The molecule has 9 heteroatoms. The van der Waals surface area contributed by atoms with Crippen molar-refractivity contribution >= 4 is 17.7 Å². The van der Waals surface area contributed by atoms with Crippen LogP contribution in [0.2, 0.25) is 0 Å². The van der Waals surface area contributed by atoms with Crippen LogP contribution in [0.15, 0.2) is 61.2 Å². The summed E-state index contributed by atoms with van der Waals surface area (Å²) in [5.41, 5.74) is 1.88. The number of para-hydroxylation sites is 1. The van der Waals surface area contributed by atoms with Crippen LogP contribution in [0.1, 0.15) is 37.8 Å². The zero-order valence-corrected chi connectivity index (χ0v) is 22.7. The lowest BCUT2D eigenvalue weighted by Crippen LogP contribution is -2.58. The van der Waals surface area contributed by atoms with Crippen LogP contribution >= 0.6 is 0 Å². The number of nitrogens with one attached hydrogen (secondary N) is 4. The van der Waals surface area contributed by atoms with E-state index in [4.69, 9.17) is 4.74 Å². The first-order valence-corrected chi connectivity index (χ1v) is 13.5. The number of carbonyl (C=O) groups is 3. The van der Waals surface area contributed by atoms with Crippen LogP contribution in [0.25, 0.3) is 0 Å². The fourth-order valence-corrected chi connectivity index (χ4v) is 4.43. The zero-order valence-electron chi connectivity index (χ0n) is 22.7. The van der Waals surface area contributed by atoms with E-state index in [1.807, 2.05) is 38.1 Å². The third-order valence-corrected chi connectivity index (χ3v) is 6.62. The smallest absolute Gasteiger partial charge is 0.243 e. The summed E-state index contributed by atoms with van der Waals surface area (Å²) in [4.78, 5) is 39.6. The highest BCUT2D eigenvalue weighted by molar-refractivity contribution is 5.93. The van der Waals surface area contributed by atoms with Crippen molar-refractivity contribution in [3.63, 3.8) is 0 Å². The van der Waals surface area contributed by atoms with Gasteiger partial charge in [-0.3, -0.25) is 14.4 Å². The Balaban J connectivity index is 1.85. The number of phenols is 1. The second kappa shape index (κ2) is 14.9. The fourth-order valence-electron chi connectivity index (χ4n) is 4.43. The molecule has 0 bridgehead atoms. The number of amides is 3. The van der Waals surface area contributed by atoms with Gasteiger partial charge in [0.05, 0.1) is 6.04 Å². The Hall–Kier alpha value is -3.85.